The van der Waals surface area contributed by atoms with E-state index in [0.717, 1.165) is 49.9 Å². The van der Waals surface area contributed by atoms with Gasteiger partial charge in [0, 0.05) is 6.42 Å². The highest BCUT2D eigenvalue weighted by molar-refractivity contribution is 5.85. The molecule has 7 heteroatoms. The van der Waals surface area contributed by atoms with Crippen LogP contribution in [0.5, 0.6) is 0 Å². The molecule has 0 aromatic carbocycles. The number of nitriles is 1. The predicted molar refractivity (Wildman–Crippen MR) is 104 cm³/mol. The molecule has 5 rings (SSSR count). The van der Waals surface area contributed by atoms with Crippen LogP contribution in [0.25, 0.3) is 0 Å². The van der Waals surface area contributed by atoms with Gasteiger partial charge < -0.3 is 15.4 Å². The summed E-state index contributed by atoms with van der Waals surface area (Å²) in [5, 5.41) is 14.6. The van der Waals surface area contributed by atoms with E-state index in [2.05, 4.69) is 16.7 Å². The monoisotopic (exact) mass is 401 g/mol. The molecule has 0 aliphatic heterocycles. The SMILES string of the molecule is C[C@](C#N)(NC(=O)COC(=O)CNC(=O)CC12CC3CC(CC(C3)C1)C2)C1CC1. The zero-order valence-corrected chi connectivity index (χ0v) is 17.2. The van der Waals surface area contributed by atoms with Crippen molar-refractivity contribution in [2.75, 3.05) is 13.2 Å². The highest BCUT2D eigenvalue weighted by Crippen LogP contribution is 2.61. The standard InChI is InChI=1S/C22H31N3O4/c1-21(13-23,17-2-3-17)25-19(27)12-29-20(28)11-24-18(26)10-22-7-14-4-15(8-22)6-16(5-14)9-22/h14-17H,2-12H2,1H3,(H,24,26)(H,25,27)/t14?,15?,16?,21-,22?/m1/s1. The van der Waals surface area contributed by atoms with Crippen LogP contribution in [0.1, 0.15) is 64.7 Å². The van der Waals surface area contributed by atoms with Crippen molar-refractivity contribution in [3.63, 3.8) is 0 Å². The molecule has 158 valence electrons. The number of carbonyl (C=O) groups excluding carboxylic acids is 3. The van der Waals surface area contributed by atoms with Crippen LogP contribution in [-0.2, 0) is 19.1 Å². The average molecular weight is 402 g/mol. The molecule has 0 saturated heterocycles. The van der Waals surface area contributed by atoms with Crippen LogP contribution in [0.2, 0.25) is 0 Å². The van der Waals surface area contributed by atoms with Crippen LogP contribution in [0.15, 0.2) is 0 Å². The van der Waals surface area contributed by atoms with E-state index in [0.29, 0.717) is 6.42 Å². The van der Waals surface area contributed by atoms with Crippen LogP contribution < -0.4 is 10.6 Å². The Balaban J connectivity index is 1.17. The molecule has 5 aliphatic rings. The number of hydrogen-bond acceptors (Lipinski definition) is 5. The summed E-state index contributed by atoms with van der Waals surface area (Å²) < 4.78 is 4.96. The molecule has 2 N–H and O–H groups in total. The maximum atomic E-state index is 12.4. The maximum Gasteiger partial charge on any atom is 0.325 e. The Kier molecular flexibility index (Phi) is 5.30. The summed E-state index contributed by atoms with van der Waals surface area (Å²) in [5.74, 6) is 1.29. The Morgan fingerprint density at radius 2 is 1.66 bits per heavy atom. The first-order valence-electron chi connectivity index (χ1n) is 10.9. The second-order valence-corrected chi connectivity index (χ2v) is 10.2. The van der Waals surface area contributed by atoms with Gasteiger partial charge in [0.25, 0.3) is 5.91 Å². The Morgan fingerprint density at radius 1 is 1.07 bits per heavy atom. The van der Waals surface area contributed by atoms with Crippen molar-refractivity contribution in [2.24, 2.45) is 29.1 Å². The number of hydrogen-bond donors (Lipinski definition) is 2. The molecule has 0 heterocycles. The van der Waals surface area contributed by atoms with E-state index in [9.17, 15) is 19.6 Å². The van der Waals surface area contributed by atoms with Gasteiger partial charge in [-0.1, -0.05) is 0 Å². The number of nitrogens with one attached hydrogen (secondary N) is 2. The quantitative estimate of drug-likeness (QED) is 0.605. The lowest BCUT2D eigenvalue weighted by Crippen LogP contribution is -2.49. The summed E-state index contributed by atoms with van der Waals surface area (Å²) in [5.41, 5.74) is -0.775. The van der Waals surface area contributed by atoms with Crippen molar-refractivity contribution < 1.29 is 19.1 Å². The van der Waals surface area contributed by atoms with Gasteiger partial charge in [-0.05, 0) is 87.4 Å². The molecule has 5 aliphatic carbocycles. The van der Waals surface area contributed by atoms with Crippen molar-refractivity contribution in [1.29, 1.82) is 5.26 Å². The normalized spacial score (nSPS) is 34.0. The molecule has 5 fully saturated rings. The lowest BCUT2D eigenvalue weighted by molar-refractivity contribution is -0.149. The first-order chi connectivity index (χ1) is 13.8. The Bertz CT molecular complexity index is 704. The summed E-state index contributed by atoms with van der Waals surface area (Å²) in [6.07, 6.45) is 9.77. The van der Waals surface area contributed by atoms with Gasteiger partial charge in [-0.3, -0.25) is 14.4 Å². The summed E-state index contributed by atoms with van der Waals surface area (Å²) in [7, 11) is 0. The number of esters is 1. The van der Waals surface area contributed by atoms with Gasteiger partial charge in [0.2, 0.25) is 5.91 Å². The predicted octanol–water partition coefficient (Wildman–Crippen LogP) is 2.06. The molecule has 0 unspecified atom stereocenters. The molecular formula is C22H31N3O4. The molecule has 0 aromatic heterocycles. The van der Waals surface area contributed by atoms with E-state index in [-0.39, 0.29) is 23.8 Å². The zero-order chi connectivity index (χ0) is 20.6. The third kappa shape index (κ3) is 4.57. The first-order valence-corrected chi connectivity index (χ1v) is 10.9. The molecule has 5 saturated carbocycles. The van der Waals surface area contributed by atoms with Gasteiger partial charge in [0.05, 0.1) is 6.07 Å². The molecule has 4 bridgehead atoms. The highest BCUT2D eigenvalue weighted by Gasteiger charge is 2.51. The topological polar surface area (TPSA) is 108 Å². The summed E-state index contributed by atoms with van der Waals surface area (Å²) in [6, 6.07) is 2.13. The van der Waals surface area contributed by atoms with Crippen LogP contribution >= 0.6 is 0 Å². The van der Waals surface area contributed by atoms with E-state index in [4.69, 9.17) is 4.74 Å². The van der Waals surface area contributed by atoms with Gasteiger partial charge in [0.1, 0.15) is 12.1 Å². The van der Waals surface area contributed by atoms with Gasteiger partial charge in [-0.2, -0.15) is 5.26 Å². The van der Waals surface area contributed by atoms with Crippen LogP contribution in [-0.4, -0.2) is 36.5 Å². The fraction of sp³-hybridized carbons (Fsp3) is 0.818. The van der Waals surface area contributed by atoms with E-state index >= 15 is 0 Å². The molecule has 0 spiro atoms. The largest absolute Gasteiger partial charge is 0.454 e. The van der Waals surface area contributed by atoms with Crippen LogP contribution in [0, 0.1) is 40.4 Å². The number of amides is 2. The van der Waals surface area contributed by atoms with E-state index in [1.807, 2.05) is 0 Å². The third-order valence-electron chi connectivity index (χ3n) is 7.52. The zero-order valence-electron chi connectivity index (χ0n) is 17.2. The Labute approximate surface area is 171 Å². The Hall–Kier alpha value is -2.10. The van der Waals surface area contributed by atoms with E-state index < -0.39 is 24.0 Å². The van der Waals surface area contributed by atoms with Gasteiger partial charge >= 0.3 is 5.97 Å². The number of rotatable bonds is 8. The minimum Gasteiger partial charge on any atom is -0.454 e. The summed E-state index contributed by atoms with van der Waals surface area (Å²) in [6.45, 7) is 1.03. The highest BCUT2D eigenvalue weighted by atomic mass is 16.5. The van der Waals surface area contributed by atoms with Gasteiger partial charge in [0.15, 0.2) is 6.61 Å². The summed E-state index contributed by atoms with van der Waals surface area (Å²) in [4.78, 5) is 36.3. The Morgan fingerprint density at radius 3 is 2.17 bits per heavy atom. The summed E-state index contributed by atoms with van der Waals surface area (Å²) >= 11 is 0. The molecule has 7 nitrogen and oxygen atoms in total. The second-order valence-electron chi connectivity index (χ2n) is 10.2. The number of carbonyl (C=O) groups is 3. The van der Waals surface area contributed by atoms with Gasteiger partial charge in [-0.25, -0.2) is 0 Å². The average Bonchev–Trinajstić information content (AvgIpc) is 3.49. The van der Waals surface area contributed by atoms with Crippen LogP contribution in [0.3, 0.4) is 0 Å². The van der Waals surface area contributed by atoms with Crippen molar-refractivity contribution >= 4 is 17.8 Å². The van der Waals surface area contributed by atoms with Crippen LogP contribution in [0.4, 0.5) is 0 Å². The van der Waals surface area contributed by atoms with E-state index in [1.54, 1.807) is 6.92 Å². The lowest BCUT2D eigenvalue weighted by Gasteiger charge is -2.56. The third-order valence-corrected chi connectivity index (χ3v) is 7.52. The fourth-order valence-corrected chi connectivity index (χ4v) is 6.49. The smallest absolute Gasteiger partial charge is 0.325 e. The molecule has 0 radical (unpaired) electrons. The minimum absolute atomic E-state index is 0.0980. The molecule has 29 heavy (non-hydrogen) atoms. The van der Waals surface area contributed by atoms with Gasteiger partial charge in [-0.15, -0.1) is 0 Å². The first kappa shape index (κ1) is 20.2. The molecule has 1 atom stereocenters. The fourth-order valence-electron chi connectivity index (χ4n) is 6.49. The number of ether oxygens (including phenoxy) is 1. The number of nitrogens with zero attached hydrogens (tertiary/aromatic N) is 1. The van der Waals surface area contributed by atoms with Crippen molar-refractivity contribution in [3.8, 4) is 6.07 Å². The van der Waals surface area contributed by atoms with Crippen molar-refractivity contribution in [1.82, 2.24) is 10.6 Å². The van der Waals surface area contributed by atoms with E-state index in [1.165, 1.54) is 19.3 Å². The second kappa shape index (κ2) is 7.62. The molecule has 0 aromatic rings. The molecule has 2 amide bonds. The minimum atomic E-state index is -0.907. The van der Waals surface area contributed by atoms with Crippen molar-refractivity contribution in [2.45, 2.75) is 70.3 Å². The van der Waals surface area contributed by atoms with Crippen molar-refractivity contribution in [3.05, 3.63) is 0 Å². The lowest BCUT2D eigenvalue weighted by atomic mass is 9.49. The maximum absolute atomic E-state index is 12.4. The molecular weight excluding hydrogens is 370 g/mol.